The summed E-state index contributed by atoms with van der Waals surface area (Å²) >= 11 is 0. The van der Waals surface area contributed by atoms with Gasteiger partial charge in [-0.3, -0.25) is 14.4 Å². The van der Waals surface area contributed by atoms with Crippen molar-refractivity contribution in [3.05, 3.63) is 35.9 Å². The van der Waals surface area contributed by atoms with Gasteiger partial charge in [0, 0.05) is 26.6 Å². The van der Waals surface area contributed by atoms with Crippen LogP contribution in [0.5, 0.6) is 0 Å². The summed E-state index contributed by atoms with van der Waals surface area (Å²) in [7, 11) is 0. The Labute approximate surface area is 142 Å². The first-order valence-corrected chi connectivity index (χ1v) is 8.12. The van der Waals surface area contributed by atoms with E-state index in [1.165, 1.54) is 11.8 Å². The SMILES string of the molecule is CC(=O)N(CCc1ccccc1)CC(=O)N1CCC(C)(C(=O)O)C1. The van der Waals surface area contributed by atoms with Crippen LogP contribution in [0.4, 0.5) is 0 Å². The number of carboxylic acid groups (broad SMARTS) is 1. The summed E-state index contributed by atoms with van der Waals surface area (Å²) in [5.74, 6) is -1.23. The minimum Gasteiger partial charge on any atom is -0.481 e. The number of carbonyl (C=O) groups is 3. The molecule has 2 rings (SSSR count). The highest BCUT2D eigenvalue weighted by Gasteiger charge is 2.42. The van der Waals surface area contributed by atoms with E-state index in [-0.39, 0.29) is 24.9 Å². The molecule has 0 spiro atoms. The van der Waals surface area contributed by atoms with E-state index in [4.69, 9.17) is 0 Å². The predicted molar refractivity (Wildman–Crippen MR) is 89.3 cm³/mol. The maximum Gasteiger partial charge on any atom is 0.311 e. The van der Waals surface area contributed by atoms with Crippen LogP contribution in [-0.4, -0.2) is 58.9 Å². The van der Waals surface area contributed by atoms with Crippen molar-refractivity contribution in [1.82, 2.24) is 9.80 Å². The number of rotatable bonds is 6. The molecule has 0 aliphatic carbocycles. The number of hydrogen-bond acceptors (Lipinski definition) is 3. The third-order valence-corrected chi connectivity index (χ3v) is 4.63. The van der Waals surface area contributed by atoms with Crippen LogP contribution in [0, 0.1) is 5.41 Å². The third-order valence-electron chi connectivity index (χ3n) is 4.63. The second-order valence-electron chi connectivity index (χ2n) is 6.61. The number of benzene rings is 1. The summed E-state index contributed by atoms with van der Waals surface area (Å²) in [6.07, 6.45) is 1.12. The zero-order valence-corrected chi connectivity index (χ0v) is 14.2. The average Bonchev–Trinajstić information content (AvgIpc) is 2.96. The Hall–Kier alpha value is -2.37. The van der Waals surface area contributed by atoms with Crippen molar-refractivity contribution in [2.75, 3.05) is 26.2 Å². The molecule has 1 aliphatic rings. The number of hydrogen-bond donors (Lipinski definition) is 1. The quantitative estimate of drug-likeness (QED) is 0.854. The van der Waals surface area contributed by atoms with E-state index < -0.39 is 11.4 Å². The smallest absolute Gasteiger partial charge is 0.311 e. The van der Waals surface area contributed by atoms with Crippen LogP contribution >= 0.6 is 0 Å². The van der Waals surface area contributed by atoms with E-state index in [1.54, 1.807) is 11.8 Å². The van der Waals surface area contributed by atoms with Crippen molar-refractivity contribution in [1.29, 1.82) is 0 Å². The molecule has 1 unspecified atom stereocenters. The van der Waals surface area contributed by atoms with Gasteiger partial charge in [0.1, 0.15) is 0 Å². The van der Waals surface area contributed by atoms with Gasteiger partial charge in [0.25, 0.3) is 0 Å². The van der Waals surface area contributed by atoms with E-state index >= 15 is 0 Å². The first kappa shape index (κ1) is 18.0. The molecule has 0 saturated carbocycles. The van der Waals surface area contributed by atoms with Gasteiger partial charge in [-0.15, -0.1) is 0 Å². The Morgan fingerprint density at radius 2 is 1.92 bits per heavy atom. The number of amides is 2. The highest BCUT2D eigenvalue weighted by atomic mass is 16.4. The molecule has 1 aliphatic heterocycles. The summed E-state index contributed by atoms with van der Waals surface area (Å²) in [5, 5.41) is 9.25. The molecule has 130 valence electrons. The number of nitrogens with zero attached hydrogens (tertiary/aromatic N) is 2. The van der Waals surface area contributed by atoms with E-state index in [1.807, 2.05) is 30.3 Å². The molecular weight excluding hydrogens is 308 g/mol. The van der Waals surface area contributed by atoms with Crippen LogP contribution in [0.1, 0.15) is 25.8 Å². The lowest BCUT2D eigenvalue weighted by Gasteiger charge is -2.25. The zero-order chi connectivity index (χ0) is 17.7. The van der Waals surface area contributed by atoms with Gasteiger partial charge < -0.3 is 14.9 Å². The second-order valence-corrected chi connectivity index (χ2v) is 6.61. The Kier molecular flexibility index (Phi) is 5.59. The van der Waals surface area contributed by atoms with E-state index in [0.717, 1.165) is 5.56 Å². The van der Waals surface area contributed by atoms with Gasteiger partial charge in [-0.05, 0) is 25.3 Å². The molecular formula is C18H24N2O4. The largest absolute Gasteiger partial charge is 0.481 e. The number of aliphatic carboxylic acids is 1. The predicted octanol–water partition coefficient (Wildman–Crippen LogP) is 1.40. The van der Waals surface area contributed by atoms with Crippen LogP contribution in [0.2, 0.25) is 0 Å². The number of carboxylic acids is 1. The fraction of sp³-hybridized carbons (Fsp3) is 0.500. The first-order chi connectivity index (χ1) is 11.3. The maximum atomic E-state index is 12.4. The number of likely N-dealkylation sites (tertiary alicyclic amines) is 1. The molecule has 6 heteroatoms. The maximum absolute atomic E-state index is 12.4. The fourth-order valence-electron chi connectivity index (χ4n) is 2.87. The lowest BCUT2D eigenvalue weighted by molar-refractivity contribution is -0.148. The molecule has 0 aromatic heterocycles. The molecule has 1 fully saturated rings. The Balaban J connectivity index is 1.92. The topological polar surface area (TPSA) is 77.9 Å². The standard InChI is InChI=1S/C18H24N2O4/c1-14(21)19(10-8-15-6-4-3-5-7-15)12-16(22)20-11-9-18(2,13-20)17(23)24/h3-7H,8-13H2,1-2H3,(H,23,24). The van der Waals surface area contributed by atoms with Crippen molar-refractivity contribution >= 4 is 17.8 Å². The van der Waals surface area contributed by atoms with Gasteiger partial charge in [0.15, 0.2) is 0 Å². The van der Waals surface area contributed by atoms with Gasteiger partial charge in [-0.25, -0.2) is 0 Å². The Bertz CT molecular complexity index is 617. The molecule has 1 saturated heterocycles. The van der Waals surface area contributed by atoms with Gasteiger partial charge >= 0.3 is 5.97 Å². The summed E-state index contributed by atoms with van der Waals surface area (Å²) in [5.41, 5.74) is 0.219. The molecule has 6 nitrogen and oxygen atoms in total. The van der Waals surface area contributed by atoms with Crippen molar-refractivity contribution in [3.63, 3.8) is 0 Å². The Morgan fingerprint density at radius 3 is 2.46 bits per heavy atom. The van der Waals surface area contributed by atoms with E-state index in [0.29, 0.717) is 25.9 Å². The molecule has 1 heterocycles. The molecule has 0 bridgehead atoms. The molecule has 1 N–H and O–H groups in total. The van der Waals surface area contributed by atoms with Crippen molar-refractivity contribution in [2.24, 2.45) is 5.41 Å². The zero-order valence-electron chi connectivity index (χ0n) is 14.2. The normalized spacial score (nSPS) is 20.0. The highest BCUT2D eigenvalue weighted by Crippen LogP contribution is 2.30. The van der Waals surface area contributed by atoms with Gasteiger partial charge in [-0.2, -0.15) is 0 Å². The van der Waals surface area contributed by atoms with Crippen LogP contribution in [-0.2, 0) is 20.8 Å². The summed E-state index contributed by atoms with van der Waals surface area (Å²) in [4.78, 5) is 38.6. The molecule has 1 aromatic rings. The lowest BCUT2D eigenvalue weighted by Crippen LogP contribution is -2.43. The summed E-state index contributed by atoms with van der Waals surface area (Å²) in [6.45, 7) is 4.19. The van der Waals surface area contributed by atoms with Gasteiger partial charge in [-0.1, -0.05) is 30.3 Å². The minimum atomic E-state index is -0.888. The molecule has 24 heavy (non-hydrogen) atoms. The van der Waals surface area contributed by atoms with Gasteiger partial charge in [0.2, 0.25) is 11.8 Å². The van der Waals surface area contributed by atoms with Crippen LogP contribution < -0.4 is 0 Å². The van der Waals surface area contributed by atoms with Crippen LogP contribution in [0.3, 0.4) is 0 Å². The monoisotopic (exact) mass is 332 g/mol. The van der Waals surface area contributed by atoms with Crippen molar-refractivity contribution in [3.8, 4) is 0 Å². The van der Waals surface area contributed by atoms with Crippen LogP contribution in [0.25, 0.3) is 0 Å². The number of carbonyl (C=O) groups excluding carboxylic acids is 2. The van der Waals surface area contributed by atoms with Gasteiger partial charge in [0.05, 0.1) is 12.0 Å². The summed E-state index contributed by atoms with van der Waals surface area (Å²) in [6, 6.07) is 9.78. The Morgan fingerprint density at radius 1 is 1.25 bits per heavy atom. The molecule has 1 atom stereocenters. The second kappa shape index (κ2) is 7.47. The minimum absolute atomic E-state index is 0.00212. The lowest BCUT2D eigenvalue weighted by atomic mass is 9.90. The first-order valence-electron chi connectivity index (χ1n) is 8.12. The molecule has 2 amide bonds. The molecule has 0 radical (unpaired) electrons. The van der Waals surface area contributed by atoms with Crippen molar-refractivity contribution < 1.29 is 19.5 Å². The average molecular weight is 332 g/mol. The third kappa shape index (κ3) is 4.34. The van der Waals surface area contributed by atoms with E-state index in [9.17, 15) is 19.5 Å². The van der Waals surface area contributed by atoms with Crippen LogP contribution in [0.15, 0.2) is 30.3 Å². The fourth-order valence-corrected chi connectivity index (χ4v) is 2.87. The highest BCUT2D eigenvalue weighted by molar-refractivity contribution is 5.85. The molecule has 1 aromatic carbocycles. The van der Waals surface area contributed by atoms with Crippen molar-refractivity contribution in [2.45, 2.75) is 26.7 Å². The summed E-state index contributed by atoms with van der Waals surface area (Å²) < 4.78 is 0. The van der Waals surface area contributed by atoms with E-state index in [2.05, 4.69) is 0 Å².